The molecule has 138 valence electrons. The van der Waals surface area contributed by atoms with Gasteiger partial charge in [-0.25, -0.2) is 0 Å². The first-order chi connectivity index (χ1) is 13.8. The molecule has 0 aliphatic rings. The summed E-state index contributed by atoms with van der Waals surface area (Å²) in [6, 6.07) is 23.4. The summed E-state index contributed by atoms with van der Waals surface area (Å²) < 4.78 is 0. The minimum absolute atomic E-state index is 0.992. The van der Waals surface area contributed by atoms with Crippen molar-refractivity contribution >= 4 is 38.6 Å². The van der Waals surface area contributed by atoms with Gasteiger partial charge in [-0.15, -0.1) is 0 Å². The molecule has 0 atom stereocenters. The minimum Gasteiger partial charge on any atom is -0.355 e. The largest absolute Gasteiger partial charge is 0.355 e. The van der Waals surface area contributed by atoms with E-state index in [1.165, 1.54) is 16.3 Å². The predicted molar refractivity (Wildman–Crippen MR) is 122 cm³/mol. The Morgan fingerprint density at radius 3 is 2.43 bits per heavy atom. The molecular weight excluding hydrogens is 340 g/mol. The van der Waals surface area contributed by atoms with Crippen LogP contribution < -0.4 is 5.32 Å². The fourth-order valence-corrected chi connectivity index (χ4v) is 3.47. The number of nitrogens with one attached hydrogen (secondary N) is 1. The van der Waals surface area contributed by atoms with E-state index in [-0.39, 0.29) is 0 Å². The normalized spacial score (nSPS) is 12.1. The van der Waals surface area contributed by atoms with Gasteiger partial charge in [0, 0.05) is 28.5 Å². The summed E-state index contributed by atoms with van der Waals surface area (Å²) in [5.41, 5.74) is 5.49. The van der Waals surface area contributed by atoms with Crippen molar-refractivity contribution in [3.8, 4) is 0 Å². The molecule has 1 N–H and O–H groups in total. The van der Waals surface area contributed by atoms with Crippen LogP contribution in [0, 0.1) is 0 Å². The molecule has 0 saturated carbocycles. The Kier molecular flexibility index (Phi) is 5.20. The summed E-state index contributed by atoms with van der Waals surface area (Å²) >= 11 is 0. The third-order valence-corrected chi connectivity index (χ3v) is 4.83. The number of benzene rings is 3. The molecule has 1 aromatic heterocycles. The van der Waals surface area contributed by atoms with Crippen molar-refractivity contribution in [2.24, 2.45) is 0 Å². The second-order valence-corrected chi connectivity index (χ2v) is 6.89. The summed E-state index contributed by atoms with van der Waals surface area (Å²) in [4.78, 5) is 4.70. The highest BCUT2D eigenvalue weighted by Gasteiger charge is 2.04. The van der Waals surface area contributed by atoms with Gasteiger partial charge in [0.2, 0.25) is 0 Å². The van der Waals surface area contributed by atoms with E-state index in [0.717, 1.165) is 34.3 Å². The van der Waals surface area contributed by atoms with Gasteiger partial charge in [-0.05, 0) is 60.0 Å². The summed E-state index contributed by atoms with van der Waals surface area (Å²) in [5.74, 6) is 0. The van der Waals surface area contributed by atoms with E-state index in [2.05, 4.69) is 97.2 Å². The Morgan fingerprint density at radius 2 is 1.64 bits per heavy atom. The summed E-state index contributed by atoms with van der Waals surface area (Å²) in [6.07, 6.45) is 9.42. The quantitative estimate of drug-likeness (QED) is 0.371. The molecule has 0 saturated heterocycles. The zero-order valence-corrected chi connectivity index (χ0v) is 16.3. The molecule has 0 unspecified atom stereocenters. The number of pyridine rings is 1. The first kappa shape index (κ1) is 18.0. The van der Waals surface area contributed by atoms with Gasteiger partial charge < -0.3 is 5.32 Å². The smallest absolute Gasteiger partial charge is 0.0723 e. The van der Waals surface area contributed by atoms with Crippen LogP contribution in [0.2, 0.25) is 0 Å². The fraction of sp³-hybridized carbons (Fsp3) is 0.115. The first-order valence-electron chi connectivity index (χ1n) is 9.75. The molecule has 0 radical (unpaired) electrons. The third kappa shape index (κ3) is 3.81. The van der Waals surface area contributed by atoms with Crippen LogP contribution in [0.1, 0.15) is 25.8 Å². The summed E-state index contributed by atoms with van der Waals surface area (Å²) in [5, 5.41) is 7.13. The van der Waals surface area contributed by atoms with Gasteiger partial charge in [0.1, 0.15) is 0 Å². The predicted octanol–water partition coefficient (Wildman–Crippen LogP) is 7.50. The van der Waals surface area contributed by atoms with Gasteiger partial charge in [-0.2, -0.15) is 0 Å². The first-order valence-corrected chi connectivity index (χ1v) is 9.75. The number of hydrogen-bond acceptors (Lipinski definition) is 2. The highest BCUT2D eigenvalue weighted by atomic mass is 14.9. The molecule has 0 aliphatic carbocycles. The van der Waals surface area contributed by atoms with Gasteiger partial charge in [0.05, 0.1) is 5.52 Å². The van der Waals surface area contributed by atoms with Gasteiger partial charge in [-0.3, -0.25) is 4.98 Å². The molecule has 0 fully saturated rings. The van der Waals surface area contributed by atoms with Gasteiger partial charge in [-0.1, -0.05) is 61.5 Å². The van der Waals surface area contributed by atoms with Gasteiger partial charge >= 0.3 is 0 Å². The second-order valence-electron chi connectivity index (χ2n) is 6.89. The topological polar surface area (TPSA) is 24.9 Å². The molecule has 2 heteroatoms. The lowest BCUT2D eigenvalue weighted by Gasteiger charge is -2.10. The third-order valence-electron chi connectivity index (χ3n) is 4.83. The van der Waals surface area contributed by atoms with E-state index < -0.39 is 0 Å². The second kappa shape index (κ2) is 8.10. The minimum atomic E-state index is 0.992. The lowest BCUT2D eigenvalue weighted by atomic mass is 10.0. The fourth-order valence-electron chi connectivity index (χ4n) is 3.47. The van der Waals surface area contributed by atoms with Crippen molar-refractivity contribution in [2.75, 3.05) is 5.32 Å². The van der Waals surface area contributed by atoms with Crippen LogP contribution in [-0.2, 0) is 0 Å². The monoisotopic (exact) mass is 364 g/mol. The van der Waals surface area contributed by atoms with Crippen LogP contribution >= 0.6 is 0 Å². The van der Waals surface area contributed by atoms with E-state index >= 15 is 0 Å². The number of allylic oxidation sites excluding steroid dienone is 4. The molecule has 0 amide bonds. The van der Waals surface area contributed by atoms with Crippen LogP contribution in [-0.4, -0.2) is 4.98 Å². The Bertz CT molecular complexity index is 1190. The van der Waals surface area contributed by atoms with Crippen LogP contribution in [0.5, 0.6) is 0 Å². The summed E-state index contributed by atoms with van der Waals surface area (Å²) in [6.45, 7) is 4.20. The van der Waals surface area contributed by atoms with Crippen molar-refractivity contribution in [3.63, 3.8) is 0 Å². The average Bonchev–Trinajstić information content (AvgIpc) is 2.73. The lowest BCUT2D eigenvalue weighted by molar-refractivity contribution is 1.22. The standard InChI is InChI=1S/C26H24N2/c1-3-7-19(8-4-2)23-15-22-12-14-25(17-26(22)27-18-23)28-24-13-11-20-9-5-6-10-21(20)16-24/h3,5-18,28H,4H2,1-2H3/b7-3-,19-8+. The molecule has 0 aliphatic heterocycles. The zero-order valence-electron chi connectivity index (χ0n) is 16.3. The molecule has 0 bridgehead atoms. The van der Waals surface area contributed by atoms with Crippen molar-refractivity contribution in [1.29, 1.82) is 0 Å². The molecular formula is C26H24N2. The average molecular weight is 364 g/mol. The van der Waals surface area contributed by atoms with Crippen LogP contribution in [0.15, 0.2) is 91.2 Å². The van der Waals surface area contributed by atoms with Crippen LogP contribution in [0.3, 0.4) is 0 Å². The maximum atomic E-state index is 4.70. The maximum Gasteiger partial charge on any atom is 0.0723 e. The Labute approximate surface area is 166 Å². The number of hydrogen-bond donors (Lipinski definition) is 1. The number of aromatic nitrogens is 1. The van der Waals surface area contributed by atoms with E-state index in [9.17, 15) is 0 Å². The molecule has 4 aromatic rings. The van der Waals surface area contributed by atoms with Crippen LogP contribution in [0.25, 0.3) is 27.2 Å². The van der Waals surface area contributed by atoms with Crippen molar-refractivity contribution in [2.45, 2.75) is 20.3 Å². The molecule has 28 heavy (non-hydrogen) atoms. The molecule has 4 rings (SSSR count). The van der Waals surface area contributed by atoms with Crippen molar-refractivity contribution in [3.05, 3.63) is 96.7 Å². The Hall–Kier alpha value is -3.39. The van der Waals surface area contributed by atoms with Crippen molar-refractivity contribution < 1.29 is 0 Å². The number of fused-ring (bicyclic) bond motifs is 2. The van der Waals surface area contributed by atoms with Gasteiger partial charge in [0.25, 0.3) is 0 Å². The summed E-state index contributed by atoms with van der Waals surface area (Å²) in [7, 11) is 0. The SMILES string of the molecule is C/C=C\C(=C/CC)c1cnc2cc(Nc3ccc4ccccc4c3)ccc2c1. The molecule has 2 nitrogen and oxygen atoms in total. The van der Waals surface area contributed by atoms with Crippen LogP contribution in [0.4, 0.5) is 11.4 Å². The zero-order chi connectivity index (χ0) is 19.3. The Balaban J connectivity index is 1.64. The number of rotatable bonds is 5. The highest BCUT2D eigenvalue weighted by molar-refractivity contribution is 5.89. The van der Waals surface area contributed by atoms with E-state index in [1.807, 2.05) is 13.1 Å². The van der Waals surface area contributed by atoms with E-state index in [0.29, 0.717) is 0 Å². The Morgan fingerprint density at radius 1 is 0.893 bits per heavy atom. The molecule has 3 aromatic carbocycles. The molecule has 0 spiro atoms. The van der Waals surface area contributed by atoms with E-state index in [1.54, 1.807) is 0 Å². The number of anilines is 2. The lowest BCUT2D eigenvalue weighted by Crippen LogP contribution is -1.92. The maximum absolute atomic E-state index is 4.70. The van der Waals surface area contributed by atoms with E-state index in [4.69, 9.17) is 4.98 Å². The highest BCUT2D eigenvalue weighted by Crippen LogP contribution is 2.26. The number of nitrogens with zero attached hydrogens (tertiary/aromatic N) is 1. The molecule has 1 heterocycles. The van der Waals surface area contributed by atoms with Crippen molar-refractivity contribution in [1.82, 2.24) is 4.98 Å². The van der Waals surface area contributed by atoms with Gasteiger partial charge in [0.15, 0.2) is 0 Å².